The normalized spacial score (nSPS) is 15.3. The first kappa shape index (κ1) is 25.1. The molecular formula is C29H38N8. The van der Waals surface area contributed by atoms with Crippen molar-refractivity contribution in [3.8, 4) is 11.1 Å². The Morgan fingerprint density at radius 1 is 1.00 bits per heavy atom. The lowest BCUT2D eigenvalue weighted by atomic mass is 9.96. The smallest absolute Gasteiger partial charge is 0.225 e. The van der Waals surface area contributed by atoms with Crippen molar-refractivity contribution in [3.05, 3.63) is 65.2 Å². The van der Waals surface area contributed by atoms with Crippen LogP contribution in [0.3, 0.4) is 0 Å². The van der Waals surface area contributed by atoms with Crippen molar-refractivity contribution in [3.63, 3.8) is 0 Å². The number of aryl methyl sites for hydroxylation is 4. The predicted molar refractivity (Wildman–Crippen MR) is 150 cm³/mol. The molecule has 8 nitrogen and oxygen atoms in total. The van der Waals surface area contributed by atoms with Crippen LogP contribution in [0.15, 0.2) is 42.7 Å². The van der Waals surface area contributed by atoms with Gasteiger partial charge in [-0.2, -0.15) is 9.61 Å². The standard InChI is InChI=1S/C29H38N8/c1-6-23-17-25(37-28(34-23)27(22(5)35-37)26-19(2)9-7-10-20(26)3)32-18-21(4)33-24-11-15-36(16-12-24)29-30-13-8-14-31-29/h7-10,13-14,17,21,24,32-33H,6,11-12,15-16,18H2,1-5H3. The summed E-state index contributed by atoms with van der Waals surface area (Å²) >= 11 is 0. The first-order valence-corrected chi connectivity index (χ1v) is 13.4. The van der Waals surface area contributed by atoms with E-state index in [0.717, 1.165) is 73.3 Å². The molecule has 0 spiro atoms. The van der Waals surface area contributed by atoms with Crippen LogP contribution in [0.4, 0.5) is 11.8 Å². The fourth-order valence-electron chi connectivity index (χ4n) is 5.40. The topological polar surface area (TPSA) is 83.3 Å². The number of benzene rings is 1. The molecule has 1 unspecified atom stereocenters. The molecule has 4 aromatic rings. The third kappa shape index (κ3) is 5.30. The highest BCUT2D eigenvalue weighted by molar-refractivity contribution is 5.84. The molecule has 0 aliphatic carbocycles. The molecule has 0 radical (unpaired) electrons. The highest BCUT2D eigenvalue weighted by Gasteiger charge is 2.23. The number of piperidine rings is 1. The molecule has 4 heterocycles. The Hall–Kier alpha value is -3.52. The Morgan fingerprint density at radius 3 is 2.38 bits per heavy atom. The minimum atomic E-state index is 0.313. The lowest BCUT2D eigenvalue weighted by Crippen LogP contribution is -2.47. The summed E-state index contributed by atoms with van der Waals surface area (Å²) in [4.78, 5) is 16.1. The average Bonchev–Trinajstić information content (AvgIpc) is 3.23. The summed E-state index contributed by atoms with van der Waals surface area (Å²) in [6.45, 7) is 13.6. The minimum absolute atomic E-state index is 0.313. The van der Waals surface area contributed by atoms with E-state index < -0.39 is 0 Å². The molecular weight excluding hydrogens is 460 g/mol. The lowest BCUT2D eigenvalue weighted by Gasteiger charge is -2.34. The van der Waals surface area contributed by atoms with Gasteiger partial charge >= 0.3 is 0 Å². The third-order valence-electron chi connectivity index (χ3n) is 7.35. The molecule has 2 N–H and O–H groups in total. The number of hydrogen-bond acceptors (Lipinski definition) is 7. The molecule has 1 saturated heterocycles. The van der Waals surface area contributed by atoms with Crippen molar-refractivity contribution in [2.45, 2.75) is 66.0 Å². The van der Waals surface area contributed by atoms with E-state index in [2.05, 4.69) is 84.4 Å². The molecule has 1 aliphatic heterocycles. The van der Waals surface area contributed by atoms with Gasteiger partial charge in [-0.1, -0.05) is 25.1 Å². The fourth-order valence-corrected chi connectivity index (χ4v) is 5.40. The number of aromatic nitrogens is 5. The molecule has 1 fully saturated rings. The summed E-state index contributed by atoms with van der Waals surface area (Å²) in [7, 11) is 0. The number of hydrogen-bond donors (Lipinski definition) is 2. The van der Waals surface area contributed by atoms with Gasteiger partial charge in [0, 0.05) is 55.9 Å². The van der Waals surface area contributed by atoms with E-state index in [4.69, 9.17) is 10.1 Å². The Morgan fingerprint density at radius 2 is 1.70 bits per heavy atom. The van der Waals surface area contributed by atoms with Gasteiger partial charge in [0.2, 0.25) is 5.95 Å². The van der Waals surface area contributed by atoms with E-state index in [-0.39, 0.29) is 0 Å². The fraction of sp³-hybridized carbons (Fsp3) is 0.448. The quantitative estimate of drug-likeness (QED) is 0.363. The molecule has 5 rings (SSSR count). The monoisotopic (exact) mass is 498 g/mol. The molecule has 0 amide bonds. The zero-order valence-corrected chi connectivity index (χ0v) is 22.6. The van der Waals surface area contributed by atoms with Crippen LogP contribution in [-0.4, -0.2) is 56.3 Å². The van der Waals surface area contributed by atoms with Gasteiger partial charge in [-0.15, -0.1) is 0 Å². The van der Waals surface area contributed by atoms with Crippen LogP contribution >= 0.6 is 0 Å². The van der Waals surface area contributed by atoms with Crippen molar-refractivity contribution >= 4 is 17.4 Å². The van der Waals surface area contributed by atoms with Gasteiger partial charge in [0.25, 0.3) is 0 Å². The van der Waals surface area contributed by atoms with E-state index in [1.54, 1.807) is 0 Å². The molecule has 3 aromatic heterocycles. The lowest BCUT2D eigenvalue weighted by molar-refractivity contribution is 0.380. The van der Waals surface area contributed by atoms with Crippen molar-refractivity contribution in [1.82, 2.24) is 29.9 Å². The van der Waals surface area contributed by atoms with Gasteiger partial charge in [-0.25, -0.2) is 15.0 Å². The summed E-state index contributed by atoms with van der Waals surface area (Å²) in [6, 6.07) is 11.2. The Bertz CT molecular complexity index is 1340. The summed E-state index contributed by atoms with van der Waals surface area (Å²) in [5.74, 6) is 1.83. The van der Waals surface area contributed by atoms with Gasteiger partial charge in [0.05, 0.1) is 11.3 Å². The molecule has 8 heteroatoms. The number of rotatable bonds is 8. The zero-order valence-electron chi connectivity index (χ0n) is 22.6. The predicted octanol–water partition coefficient (Wildman–Crippen LogP) is 4.73. The van der Waals surface area contributed by atoms with Crippen LogP contribution in [0.2, 0.25) is 0 Å². The number of fused-ring (bicyclic) bond motifs is 1. The van der Waals surface area contributed by atoms with Gasteiger partial charge in [-0.3, -0.25) is 0 Å². The Labute approximate surface area is 219 Å². The van der Waals surface area contributed by atoms with Crippen LogP contribution in [0.1, 0.15) is 49.2 Å². The first-order chi connectivity index (χ1) is 17.9. The van der Waals surface area contributed by atoms with E-state index in [0.29, 0.717) is 12.1 Å². The molecule has 1 aromatic carbocycles. The van der Waals surface area contributed by atoms with Crippen LogP contribution in [0.25, 0.3) is 16.8 Å². The second kappa shape index (κ2) is 10.8. The number of nitrogens with one attached hydrogen (secondary N) is 2. The van der Waals surface area contributed by atoms with Gasteiger partial charge in [-0.05, 0) is 69.7 Å². The van der Waals surface area contributed by atoms with Gasteiger partial charge in [0.15, 0.2) is 5.65 Å². The maximum Gasteiger partial charge on any atom is 0.225 e. The van der Waals surface area contributed by atoms with Crippen LogP contribution in [0.5, 0.6) is 0 Å². The van der Waals surface area contributed by atoms with Crippen molar-refractivity contribution in [2.24, 2.45) is 0 Å². The largest absolute Gasteiger partial charge is 0.368 e. The second-order valence-electron chi connectivity index (χ2n) is 10.2. The summed E-state index contributed by atoms with van der Waals surface area (Å²) in [5, 5.41) is 12.4. The van der Waals surface area contributed by atoms with Crippen LogP contribution in [0, 0.1) is 20.8 Å². The molecule has 37 heavy (non-hydrogen) atoms. The van der Waals surface area contributed by atoms with Crippen molar-refractivity contribution < 1.29 is 0 Å². The second-order valence-corrected chi connectivity index (χ2v) is 10.2. The minimum Gasteiger partial charge on any atom is -0.368 e. The number of nitrogens with zero attached hydrogens (tertiary/aromatic N) is 6. The van der Waals surface area contributed by atoms with E-state index >= 15 is 0 Å². The zero-order chi connectivity index (χ0) is 25.9. The summed E-state index contributed by atoms with van der Waals surface area (Å²) < 4.78 is 1.99. The summed E-state index contributed by atoms with van der Waals surface area (Å²) in [6.07, 6.45) is 6.66. The summed E-state index contributed by atoms with van der Waals surface area (Å²) in [5.41, 5.74) is 7.86. The molecule has 1 aliphatic rings. The molecule has 194 valence electrons. The van der Waals surface area contributed by atoms with Gasteiger partial charge in [0.1, 0.15) is 5.82 Å². The molecule has 1 atom stereocenters. The SMILES string of the molecule is CCc1cc(NCC(C)NC2CCN(c3ncccn3)CC2)n2nc(C)c(-c3c(C)cccc3C)c2n1. The first-order valence-electron chi connectivity index (χ1n) is 13.4. The van der Waals surface area contributed by atoms with Gasteiger partial charge < -0.3 is 15.5 Å². The Kier molecular flexibility index (Phi) is 7.37. The van der Waals surface area contributed by atoms with Crippen molar-refractivity contribution in [1.29, 1.82) is 0 Å². The average molecular weight is 499 g/mol. The highest BCUT2D eigenvalue weighted by Crippen LogP contribution is 2.34. The number of anilines is 2. The molecule has 0 bridgehead atoms. The maximum absolute atomic E-state index is 5.02. The Balaban J connectivity index is 1.29. The van der Waals surface area contributed by atoms with E-state index in [1.807, 2.05) is 23.0 Å². The van der Waals surface area contributed by atoms with E-state index in [1.165, 1.54) is 16.7 Å². The van der Waals surface area contributed by atoms with Crippen LogP contribution in [-0.2, 0) is 6.42 Å². The molecule has 0 saturated carbocycles. The highest BCUT2D eigenvalue weighted by atomic mass is 15.3. The third-order valence-corrected chi connectivity index (χ3v) is 7.35. The van der Waals surface area contributed by atoms with Crippen molar-refractivity contribution in [2.75, 3.05) is 29.9 Å². The maximum atomic E-state index is 5.02. The van der Waals surface area contributed by atoms with E-state index in [9.17, 15) is 0 Å². The van der Waals surface area contributed by atoms with Crippen LogP contribution < -0.4 is 15.5 Å².